The first-order valence-corrected chi connectivity index (χ1v) is 10.7. The van der Waals surface area contributed by atoms with E-state index >= 15 is 0 Å². The van der Waals surface area contributed by atoms with Crippen LogP contribution in [-0.4, -0.2) is 31.4 Å². The molecular weight excluding hydrogens is 434 g/mol. The number of carbonyl (C=O) groups is 3. The number of rotatable bonds is 9. The number of hydrogen-bond donors (Lipinski definition) is 1. The van der Waals surface area contributed by atoms with Crippen molar-refractivity contribution in [3.63, 3.8) is 0 Å². The number of ketones is 1. The molecule has 3 rings (SSSR count). The zero-order valence-electron chi connectivity index (χ0n) is 19.6. The van der Waals surface area contributed by atoms with Gasteiger partial charge in [0.05, 0.1) is 7.11 Å². The van der Waals surface area contributed by atoms with Crippen molar-refractivity contribution in [2.24, 2.45) is 0 Å². The highest BCUT2D eigenvalue weighted by molar-refractivity contribution is 5.96. The average molecular weight is 462 g/mol. The van der Waals surface area contributed by atoms with Gasteiger partial charge >= 0.3 is 5.97 Å². The van der Waals surface area contributed by atoms with E-state index in [2.05, 4.69) is 5.32 Å². The van der Waals surface area contributed by atoms with Crippen molar-refractivity contribution in [3.05, 3.63) is 89.0 Å². The molecule has 0 heterocycles. The summed E-state index contributed by atoms with van der Waals surface area (Å²) in [6, 6.07) is 19.1. The summed E-state index contributed by atoms with van der Waals surface area (Å²) in [6.45, 7) is 4.87. The number of hydrogen-bond acceptors (Lipinski definition) is 6. The Bertz CT molecular complexity index is 1170. The summed E-state index contributed by atoms with van der Waals surface area (Å²) in [5.74, 6) is -0.743. The fraction of sp³-hybridized carbons (Fsp3) is 0.222. The molecule has 0 fully saturated rings. The van der Waals surface area contributed by atoms with Crippen LogP contribution < -0.4 is 14.8 Å². The number of esters is 1. The van der Waals surface area contributed by atoms with Gasteiger partial charge in [-0.2, -0.15) is 0 Å². The number of Topliss-reactive ketones (excluding diaryl/α,β-unsaturated/α-hetero) is 1. The maximum atomic E-state index is 13.1. The second kappa shape index (κ2) is 11.1. The number of anilines is 1. The number of aryl methyl sites for hydroxylation is 2. The number of nitrogens with one attached hydrogen (secondary N) is 1. The van der Waals surface area contributed by atoms with Crippen LogP contribution in [0.4, 0.5) is 5.69 Å². The van der Waals surface area contributed by atoms with Gasteiger partial charge in [-0.05, 0) is 62.2 Å². The van der Waals surface area contributed by atoms with Gasteiger partial charge < -0.3 is 19.5 Å². The summed E-state index contributed by atoms with van der Waals surface area (Å²) < 4.78 is 16.3. The topological polar surface area (TPSA) is 90.9 Å². The summed E-state index contributed by atoms with van der Waals surface area (Å²) in [7, 11) is 1.44. The predicted molar refractivity (Wildman–Crippen MR) is 128 cm³/mol. The van der Waals surface area contributed by atoms with Crippen molar-refractivity contribution in [2.45, 2.75) is 26.9 Å². The quantitative estimate of drug-likeness (QED) is 0.363. The SMILES string of the molecule is COc1cc(C(C)=O)ccc1OCC(=O)OC(C(=O)Nc1cc(C)cc(C)c1)c1ccccc1. The molecule has 3 aromatic carbocycles. The van der Waals surface area contributed by atoms with Gasteiger partial charge in [-0.15, -0.1) is 0 Å². The lowest BCUT2D eigenvalue weighted by Gasteiger charge is -2.19. The van der Waals surface area contributed by atoms with Crippen molar-refractivity contribution in [2.75, 3.05) is 19.0 Å². The molecule has 0 bridgehead atoms. The molecular formula is C27H27NO6. The Morgan fingerprint density at radius 3 is 2.18 bits per heavy atom. The van der Waals surface area contributed by atoms with Crippen LogP contribution in [0.15, 0.2) is 66.7 Å². The normalized spacial score (nSPS) is 11.3. The Balaban J connectivity index is 1.73. The predicted octanol–water partition coefficient (Wildman–Crippen LogP) is 4.82. The smallest absolute Gasteiger partial charge is 0.345 e. The maximum Gasteiger partial charge on any atom is 0.345 e. The molecule has 0 saturated heterocycles. The standard InChI is InChI=1S/C27H27NO6/c1-17-12-18(2)14-22(13-17)28-27(31)26(20-8-6-5-7-9-20)34-25(30)16-33-23-11-10-21(19(3)29)15-24(23)32-4/h5-15,26H,16H2,1-4H3,(H,28,31). The summed E-state index contributed by atoms with van der Waals surface area (Å²) in [6.07, 6.45) is -1.17. The minimum atomic E-state index is -1.17. The van der Waals surface area contributed by atoms with E-state index in [1.54, 1.807) is 36.4 Å². The molecule has 0 aliphatic carbocycles. The van der Waals surface area contributed by atoms with Gasteiger partial charge in [0, 0.05) is 16.8 Å². The number of amides is 1. The van der Waals surface area contributed by atoms with Crippen molar-refractivity contribution >= 4 is 23.3 Å². The van der Waals surface area contributed by atoms with Gasteiger partial charge in [0.1, 0.15) is 0 Å². The Morgan fingerprint density at radius 1 is 0.882 bits per heavy atom. The number of methoxy groups -OCH3 is 1. The molecule has 7 heteroatoms. The molecule has 176 valence electrons. The number of carbonyl (C=O) groups excluding carboxylic acids is 3. The summed E-state index contributed by atoms with van der Waals surface area (Å²) in [4.78, 5) is 37.3. The fourth-order valence-electron chi connectivity index (χ4n) is 3.46. The first-order valence-electron chi connectivity index (χ1n) is 10.7. The molecule has 1 atom stereocenters. The molecule has 1 unspecified atom stereocenters. The Labute approximate surface area is 198 Å². The third kappa shape index (κ3) is 6.45. The molecule has 1 N–H and O–H groups in total. The van der Waals surface area contributed by atoms with E-state index < -0.39 is 24.6 Å². The monoisotopic (exact) mass is 461 g/mol. The van der Waals surface area contributed by atoms with Gasteiger partial charge in [0.2, 0.25) is 6.10 Å². The third-order valence-corrected chi connectivity index (χ3v) is 4.99. The first-order chi connectivity index (χ1) is 16.3. The second-order valence-electron chi connectivity index (χ2n) is 7.86. The van der Waals surface area contributed by atoms with Crippen LogP contribution in [0.3, 0.4) is 0 Å². The summed E-state index contributed by atoms with van der Waals surface area (Å²) in [5, 5.41) is 2.83. The second-order valence-corrected chi connectivity index (χ2v) is 7.86. The fourth-order valence-corrected chi connectivity index (χ4v) is 3.46. The van der Waals surface area contributed by atoms with Crippen molar-refractivity contribution < 1.29 is 28.6 Å². The van der Waals surface area contributed by atoms with Crippen LogP contribution in [-0.2, 0) is 14.3 Å². The van der Waals surface area contributed by atoms with E-state index in [9.17, 15) is 14.4 Å². The minimum absolute atomic E-state index is 0.121. The minimum Gasteiger partial charge on any atom is -0.493 e. The maximum absolute atomic E-state index is 13.1. The van der Waals surface area contributed by atoms with E-state index in [0.29, 0.717) is 22.6 Å². The molecule has 0 radical (unpaired) electrons. The van der Waals surface area contributed by atoms with Crippen LogP contribution in [0.1, 0.15) is 40.1 Å². The van der Waals surface area contributed by atoms with Gasteiger partial charge in [0.15, 0.2) is 23.9 Å². The van der Waals surface area contributed by atoms with E-state index in [0.717, 1.165) is 11.1 Å². The molecule has 0 aliphatic rings. The molecule has 0 aliphatic heterocycles. The zero-order chi connectivity index (χ0) is 24.7. The lowest BCUT2D eigenvalue weighted by Crippen LogP contribution is -2.28. The molecule has 34 heavy (non-hydrogen) atoms. The molecule has 0 aromatic heterocycles. The highest BCUT2D eigenvalue weighted by Gasteiger charge is 2.26. The van der Waals surface area contributed by atoms with Crippen molar-refractivity contribution in [1.29, 1.82) is 0 Å². The first kappa shape index (κ1) is 24.5. The van der Waals surface area contributed by atoms with Gasteiger partial charge in [-0.1, -0.05) is 36.4 Å². The lowest BCUT2D eigenvalue weighted by atomic mass is 10.1. The lowest BCUT2D eigenvalue weighted by molar-refractivity contribution is -0.156. The van der Waals surface area contributed by atoms with Gasteiger partial charge in [-0.3, -0.25) is 9.59 Å². The van der Waals surface area contributed by atoms with E-state index in [4.69, 9.17) is 14.2 Å². The van der Waals surface area contributed by atoms with Crippen LogP contribution >= 0.6 is 0 Å². The molecule has 7 nitrogen and oxygen atoms in total. The van der Waals surface area contributed by atoms with E-state index in [1.807, 2.05) is 38.1 Å². The molecule has 3 aromatic rings. The highest BCUT2D eigenvalue weighted by Crippen LogP contribution is 2.28. The van der Waals surface area contributed by atoms with Crippen molar-refractivity contribution in [3.8, 4) is 11.5 Å². The Kier molecular flexibility index (Phi) is 8.03. The van der Waals surface area contributed by atoms with Crippen LogP contribution in [0.2, 0.25) is 0 Å². The van der Waals surface area contributed by atoms with E-state index in [1.165, 1.54) is 20.1 Å². The number of ether oxygens (including phenoxy) is 3. The van der Waals surface area contributed by atoms with Crippen LogP contribution in [0, 0.1) is 13.8 Å². The number of benzene rings is 3. The van der Waals surface area contributed by atoms with E-state index in [-0.39, 0.29) is 11.5 Å². The van der Waals surface area contributed by atoms with Gasteiger partial charge in [-0.25, -0.2) is 4.79 Å². The Hall–Kier alpha value is -4.13. The molecule has 0 saturated carbocycles. The summed E-state index contributed by atoms with van der Waals surface area (Å²) in [5.41, 5.74) is 3.61. The van der Waals surface area contributed by atoms with Crippen LogP contribution in [0.25, 0.3) is 0 Å². The molecule has 0 spiro atoms. The van der Waals surface area contributed by atoms with Gasteiger partial charge in [0.25, 0.3) is 5.91 Å². The summed E-state index contributed by atoms with van der Waals surface area (Å²) >= 11 is 0. The largest absolute Gasteiger partial charge is 0.493 e. The highest BCUT2D eigenvalue weighted by atomic mass is 16.6. The van der Waals surface area contributed by atoms with Crippen LogP contribution in [0.5, 0.6) is 11.5 Å². The Morgan fingerprint density at radius 2 is 1.56 bits per heavy atom. The van der Waals surface area contributed by atoms with Crippen molar-refractivity contribution in [1.82, 2.24) is 0 Å². The zero-order valence-corrected chi connectivity index (χ0v) is 19.6. The average Bonchev–Trinajstić information content (AvgIpc) is 2.80. The third-order valence-electron chi connectivity index (χ3n) is 4.99. The molecule has 1 amide bonds.